The first-order valence-corrected chi connectivity index (χ1v) is 5.73. The molecule has 0 aliphatic carbocycles. The second kappa shape index (κ2) is 4.54. The average Bonchev–Trinajstić information content (AvgIpc) is 2.47. The highest BCUT2D eigenvalue weighted by Crippen LogP contribution is 2.33. The lowest BCUT2D eigenvalue weighted by Gasteiger charge is -2.25. The molecule has 0 aromatic carbocycles. The van der Waals surface area contributed by atoms with Crippen molar-refractivity contribution in [2.75, 3.05) is 0 Å². The molecule has 0 radical (unpaired) electrons. The predicted molar refractivity (Wildman–Crippen MR) is 62.1 cm³/mol. The van der Waals surface area contributed by atoms with Gasteiger partial charge in [0.25, 0.3) is 0 Å². The fourth-order valence-corrected chi connectivity index (χ4v) is 2.18. The molecule has 0 aliphatic rings. The molecule has 0 bridgehead atoms. The highest BCUT2D eigenvalue weighted by Gasteiger charge is 2.30. The van der Waals surface area contributed by atoms with E-state index in [1.807, 2.05) is 20.8 Å². The van der Waals surface area contributed by atoms with E-state index in [0.717, 1.165) is 12.1 Å². The summed E-state index contributed by atoms with van der Waals surface area (Å²) in [5.74, 6) is 0. The minimum atomic E-state index is -0.896. The second-order valence-corrected chi connectivity index (χ2v) is 4.81. The predicted octanol–water partition coefficient (Wildman–Crippen LogP) is 3.13. The van der Waals surface area contributed by atoms with Crippen LogP contribution in [0, 0.1) is 0 Å². The second-order valence-electron chi connectivity index (χ2n) is 4.40. The molecule has 1 heterocycles. The Kier molecular flexibility index (Phi) is 3.79. The van der Waals surface area contributed by atoms with Gasteiger partial charge in [-0.1, -0.05) is 24.9 Å². The van der Waals surface area contributed by atoms with E-state index in [9.17, 15) is 5.11 Å². The Morgan fingerprint density at radius 2 is 2.20 bits per heavy atom. The van der Waals surface area contributed by atoms with E-state index >= 15 is 0 Å². The van der Waals surface area contributed by atoms with Gasteiger partial charge in [0.2, 0.25) is 0 Å². The Balaban J connectivity index is 3.16. The van der Waals surface area contributed by atoms with E-state index in [2.05, 4.69) is 5.10 Å². The fourth-order valence-electron chi connectivity index (χ4n) is 1.84. The smallest absolute Gasteiger partial charge is 0.105 e. The summed E-state index contributed by atoms with van der Waals surface area (Å²) < 4.78 is 1.79. The van der Waals surface area contributed by atoms with Crippen LogP contribution in [-0.4, -0.2) is 14.9 Å². The average molecular weight is 231 g/mol. The lowest BCUT2D eigenvalue weighted by molar-refractivity contribution is 0.0365. The Hall–Kier alpha value is -0.540. The van der Waals surface area contributed by atoms with Crippen molar-refractivity contribution < 1.29 is 5.11 Å². The molecule has 86 valence electrons. The van der Waals surface area contributed by atoms with Gasteiger partial charge in [0.1, 0.15) is 5.60 Å². The van der Waals surface area contributed by atoms with Gasteiger partial charge in [0, 0.05) is 6.04 Å². The minimum absolute atomic E-state index is 0.204. The number of aromatic nitrogens is 2. The lowest BCUT2D eigenvalue weighted by atomic mass is 9.96. The quantitative estimate of drug-likeness (QED) is 0.863. The summed E-state index contributed by atoms with van der Waals surface area (Å²) in [7, 11) is 0. The zero-order valence-corrected chi connectivity index (χ0v) is 10.5. The molecule has 0 aliphatic heterocycles. The van der Waals surface area contributed by atoms with Gasteiger partial charge in [-0.2, -0.15) is 5.10 Å². The molecular formula is C11H19ClN2O. The summed E-state index contributed by atoms with van der Waals surface area (Å²) in [6.07, 6.45) is 3.19. The summed E-state index contributed by atoms with van der Waals surface area (Å²) in [6.45, 7) is 7.88. The van der Waals surface area contributed by atoms with Crippen molar-refractivity contribution >= 4 is 11.6 Å². The van der Waals surface area contributed by atoms with E-state index < -0.39 is 5.60 Å². The first-order valence-electron chi connectivity index (χ1n) is 5.36. The van der Waals surface area contributed by atoms with Crippen molar-refractivity contribution in [3.05, 3.63) is 16.9 Å². The van der Waals surface area contributed by atoms with E-state index in [-0.39, 0.29) is 6.04 Å². The first kappa shape index (κ1) is 12.5. The number of aliphatic hydroxyl groups is 1. The van der Waals surface area contributed by atoms with Gasteiger partial charge in [-0.05, 0) is 27.2 Å². The van der Waals surface area contributed by atoms with Crippen LogP contribution in [0.2, 0.25) is 5.02 Å². The van der Waals surface area contributed by atoms with Gasteiger partial charge in [-0.3, -0.25) is 4.68 Å². The van der Waals surface area contributed by atoms with Gasteiger partial charge in [-0.25, -0.2) is 0 Å². The summed E-state index contributed by atoms with van der Waals surface area (Å²) in [6, 6.07) is 0.204. The number of halogens is 1. The standard InChI is InChI=1S/C11H19ClN2O/c1-5-6-11(4,15)10-9(12)7-13-14(10)8(2)3/h7-8,15H,5-6H2,1-4H3. The maximum absolute atomic E-state index is 10.3. The third-order valence-electron chi connectivity index (χ3n) is 2.49. The third-order valence-corrected chi connectivity index (χ3v) is 2.76. The summed E-state index contributed by atoms with van der Waals surface area (Å²) in [4.78, 5) is 0. The molecular weight excluding hydrogens is 212 g/mol. The van der Waals surface area contributed by atoms with E-state index in [1.165, 1.54) is 0 Å². The summed E-state index contributed by atoms with van der Waals surface area (Å²) in [5.41, 5.74) is -0.173. The van der Waals surface area contributed by atoms with Crippen LogP contribution < -0.4 is 0 Å². The van der Waals surface area contributed by atoms with Gasteiger partial charge < -0.3 is 5.11 Å². The van der Waals surface area contributed by atoms with Crippen LogP contribution >= 0.6 is 11.6 Å². The number of rotatable bonds is 4. The van der Waals surface area contributed by atoms with Crippen LogP contribution in [0.3, 0.4) is 0 Å². The minimum Gasteiger partial charge on any atom is -0.384 e. The van der Waals surface area contributed by atoms with Crippen LogP contribution in [0.5, 0.6) is 0 Å². The van der Waals surface area contributed by atoms with Gasteiger partial charge in [0.05, 0.1) is 16.9 Å². The van der Waals surface area contributed by atoms with Crippen LogP contribution in [-0.2, 0) is 5.60 Å². The Morgan fingerprint density at radius 3 is 2.67 bits per heavy atom. The van der Waals surface area contributed by atoms with Gasteiger partial charge in [0.15, 0.2) is 0 Å². The van der Waals surface area contributed by atoms with E-state index in [1.54, 1.807) is 17.8 Å². The van der Waals surface area contributed by atoms with Crippen molar-refractivity contribution in [1.82, 2.24) is 9.78 Å². The molecule has 1 atom stereocenters. The maximum atomic E-state index is 10.3. The molecule has 3 nitrogen and oxygen atoms in total. The topological polar surface area (TPSA) is 38.1 Å². The number of hydrogen-bond donors (Lipinski definition) is 1. The van der Waals surface area contributed by atoms with Crippen molar-refractivity contribution in [1.29, 1.82) is 0 Å². The zero-order chi connectivity index (χ0) is 11.6. The summed E-state index contributed by atoms with van der Waals surface area (Å²) >= 11 is 6.07. The number of hydrogen-bond acceptors (Lipinski definition) is 2. The molecule has 0 fully saturated rings. The number of nitrogens with zero attached hydrogens (tertiary/aromatic N) is 2. The highest BCUT2D eigenvalue weighted by molar-refractivity contribution is 6.31. The largest absolute Gasteiger partial charge is 0.384 e. The molecule has 0 spiro atoms. The monoisotopic (exact) mass is 230 g/mol. The van der Waals surface area contributed by atoms with Crippen molar-refractivity contribution in [3.63, 3.8) is 0 Å². The summed E-state index contributed by atoms with van der Waals surface area (Å²) in [5, 5.41) is 15.1. The molecule has 0 saturated carbocycles. The molecule has 1 aromatic heterocycles. The zero-order valence-electron chi connectivity index (χ0n) is 9.79. The maximum Gasteiger partial charge on any atom is 0.105 e. The van der Waals surface area contributed by atoms with Crippen LogP contribution in [0.4, 0.5) is 0 Å². The van der Waals surface area contributed by atoms with Crippen molar-refractivity contribution in [3.8, 4) is 0 Å². The highest BCUT2D eigenvalue weighted by atomic mass is 35.5. The molecule has 0 saturated heterocycles. The first-order chi connectivity index (χ1) is 6.90. The molecule has 1 unspecified atom stereocenters. The van der Waals surface area contributed by atoms with Crippen LogP contribution in [0.1, 0.15) is 52.3 Å². The van der Waals surface area contributed by atoms with Crippen molar-refractivity contribution in [2.24, 2.45) is 0 Å². The van der Waals surface area contributed by atoms with Gasteiger partial charge in [-0.15, -0.1) is 0 Å². The Morgan fingerprint density at radius 1 is 1.60 bits per heavy atom. The third kappa shape index (κ3) is 2.52. The molecule has 15 heavy (non-hydrogen) atoms. The molecule has 1 rings (SSSR count). The normalized spacial score (nSPS) is 15.7. The van der Waals surface area contributed by atoms with Crippen LogP contribution in [0.15, 0.2) is 6.20 Å². The lowest BCUT2D eigenvalue weighted by Crippen LogP contribution is -2.26. The van der Waals surface area contributed by atoms with E-state index in [0.29, 0.717) is 11.4 Å². The molecule has 4 heteroatoms. The molecule has 0 amide bonds. The Bertz CT molecular complexity index is 331. The molecule has 1 aromatic rings. The van der Waals surface area contributed by atoms with Crippen molar-refractivity contribution in [2.45, 2.75) is 52.2 Å². The SMILES string of the molecule is CCCC(C)(O)c1c(Cl)cnn1C(C)C. The fraction of sp³-hybridized carbons (Fsp3) is 0.727. The van der Waals surface area contributed by atoms with E-state index in [4.69, 9.17) is 11.6 Å². The molecule has 1 N–H and O–H groups in total. The Labute approximate surface area is 96.1 Å². The van der Waals surface area contributed by atoms with Gasteiger partial charge >= 0.3 is 0 Å². The van der Waals surface area contributed by atoms with Crippen LogP contribution in [0.25, 0.3) is 0 Å².